The fraction of sp³-hybridized carbons (Fsp3) is 0.556. The number of nitrogens with two attached hydrogens (primary N) is 1. The number of piperidine rings is 1. The molecule has 1 heterocycles. The molecule has 0 spiro atoms. The first kappa shape index (κ1) is 17.5. The molecule has 0 aromatic heterocycles. The van der Waals surface area contributed by atoms with Crippen molar-refractivity contribution in [3.05, 3.63) is 35.9 Å². The van der Waals surface area contributed by atoms with Crippen molar-refractivity contribution in [1.82, 2.24) is 10.2 Å². The molecule has 1 aliphatic heterocycles. The Balaban J connectivity index is 1.80. The van der Waals surface area contributed by atoms with Crippen LogP contribution in [0.15, 0.2) is 30.3 Å². The standard InChI is InChI=1S/C18H27N3O2/c1-13(2)17(22)20-15-8-10-21(11-9-15)18(23)16(19)12-14-6-4-3-5-7-14/h3-7,13,15-16H,8-12,19H2,1-2H3,(H,20,22)/t16-/m0/s1. The minimum atomic E-state index is -0.501. The van der Waals surface area contributed by atoms with Crippen LogP contribution in [0.2, 0.25) is 0 Å². The highest BCUT2D eigenvalue weighted by Gasteiger charge is 2.27. The second-order valence-electron chi connectivity index (χ2n) is 6.56. The summed E-state index contributed by atoms with van der Waals surface area (Å²) in [6.07, 6.45) is 2.15. The zero-order valence-corrected chi connectivity index (χ0v) is 14.0. The lowest BCUT2D eigenvalue weighted by Crippen LogP contribution is -2.51. The van der Waals surface area contributed by atoms with Crippen molar-refractivity contribution >= 4 is 11.8 Å². The van der Waals surface area contributed by atoms with Gasteiger partial charge in [0.2, 0.25) is 11.8 Å². The van der Waals surface area contributed by atoms with Crippen LogP contribution in [-0.4, -0.2) is 41.9 Å². The maximum atomic E-state index is 12.5. The number of likely N-dealkylation sites (tertiary alicyclic amines) is 1. The van der Waals surface area contributed by atoms with Gasteiger partial charge in [-0.05, 0) is 24.8 Å². The molecule has 0 radical (unpaired) electrons. The van der Waals surface area contributed by atoms with Crippen LogP contribution in [0.25, 0.3) is 0 Å². The number of nitrogens with one attached hydrogen (secondary N) is 1. The van der Waals surface area contributed by atoms with Gasteiger partial charge in [-0.25, -0.2) is 0 Å². The van der Waals surface area contributed by atoms with Crippen LogP contribution < -0.4 is 11.1 Å². The van der Waals surface area contributed by atoms with Gasteiger partial charge in [-0.15, -0.1) is 0 Å². The Morgan fingerprint density at radius 3 is 2.39 bits per heavy atom. The predicted octanol–water partition coefficient (Wildman–Crippen LogP) is 1.32. The molecule has 1 aromatic rings. The average molecular weight is 317 g/mol. The van der Waals surface area contributed by atoms with Gasteiger partial charge in [0, 0.05) is 25.0 Å². The summed E-state index contributed by atoms with van der Waals surface area (Å²) in [5.74, 6) is 0.0759. The molecule has 1 saturated heterocycles. The van der Waals surface area contributed by atoms with Crippen molar-refractivity contribution in [2.45, 2.75) is 45.2 Å². The summed E-state index contributed by atoms with van der Waals surface area (Å²) in [5, 5.41) is 3.04. The molecule has 1 atom stereocenters. The molecule has 1 fully saturated rings. The Hall–Kier alpha value is -1.88. The summed E-state index contributed by atoms with van der Waals surface area (Å²) < 4.78 is 0. The third-order valence-electron chi connectivity index (χ3n) is 4.29. The van der Waals surface area contributed by atoms with E-state index in [1.54, 1.807) is 0 Å². The van der Waals surface area contributed by atoms with E-state index in [1.165, 1.54) is 0 Å². The number of benzene rings is 1. The first-order chi connectivity index (χ1) is 11.0. The van der Waals surface area contributed by atoms with Gasteiger partial charge in [-0.1, -0.05) is 44.2 Å². The Kier molecular flexibility index (Phi) is 6.16. The second kappa shape index (κ2) is 8.11. The van der Waals surface area contributed by atoms with Crippen LogP contribution in [0.3, 0.4) is 0 Å². The molecule has 0 aliphatic carbocycles. The summed E-state index contributed by atoms with van der Waals surface area (Å²) in [4.78, 5) is 26.0. The molecule has 1 aliphatic rings. The molecule has 2 rings (SSSR count). The maximum Gasteiger partial charge on any atom is 0.239 e. The molecule has 0 unspecified atom stereocenters. The van der Waals surface area contributed by atoms with Crippen molar-refractivity contribution in [3.8, 4) is 0 Å². The van der Waals surface area contributed by atoms with Gasteiger partial charge in [0.25, 0.3) is 0 Å². The molecular formula is C18H27N3O2. The van der Waals surface area contributed by atoms with Gasteiger partial charge in [-0.2, -0.15) is 0 Å². The van der Waals surface area contributed by atoms with Gasteiger partial charge in [0.1, 0.15) is 0 Å². The largest absolute Gasteiger partial charge is 0.353 e. The van der Waals surface area contributed by atoms with E-state index in [0.29, 0.717) is 19.5 Å². The summed E-state index contributed by atoms with van der Waals surface area (Å²) in [6, 6.07) is 9.50. The van der Waals surface area contributed by atoms with E-state index < -0.39 is 6.04 Å². The maximum absolute atomic E-state index is 12.5. The molecule has 3 N–H and O–H groups in total. The Bertz CT molecular complexity index is 522. The van der Waals surface area contributed by atoms with E-state index in [0.717, 1.165) is 18.4 Å². The number of carbonyl (C=O) groups excluding carboxylic acids is 2. The summed E-state index contributed by atoms with van der Waals surface area (Å²) in [5.41, 5.74) is 7.15. The van der Waals surface area contributed by atoms with Crippen molar-refractivity contribution in [2.24, 2.45) is 11.7 Å². The van der Waals surface area contributed by atoms with Crippen LogP contribution in [0.1, 0.15) is 32.3 Å². The predicted molar refractivity (Wildman–Crippen MR) is 90.7 cm³/mol. The van der Waals surface area contributed by atoms with Gasteiger partial charge >= 0.3 is 0 Å². The number of hydrogen-bond acceptors (Lipinski definition) is 3. The lowest BCUT2D eigenvalue weighted by Gasteiger charge is -2.34. The number of rotatable bonds is 5. The Morgan fingerprint density at radius 2 is 1.83 bits per heavy atom. The van der Waals surface area contributed by atoms with Crippen LogP contribution in [0.4, 0.5) is 0 Å². The molecule has 0 bridgehead atoms. The summed E-state index contributed by atoms with van der Waals surface area (Å²) in [6.45, 7) is 5.09. The van der Waals surface area contributed by atoms with E-state index in [1.807, 2.05) is 49.1 Å². The zero-order valence-electron chi connectivity index (χ0n) is 14.0. The van der Waals surface area contributed by atoms with Crippen molar-refractivity contribution in [2.75, 3.05) is 13.1 Å². The zero-order chi connectivity index (χ0) is 16.8. The summed E-state index contributed by atoms with van der Waals surface area (Å²) >= 11 is 0. The molecule has 23 heavy (non-hydrogen) atoms. The number of amides is 2. The number of hydrogen-bond donors (Lipinski definition) is 2. The monoisotopic (exact) mass is 317 g/mol. The second-order valence-corrected chi connectivity index (χ2v) is 6.56. The fourth-order valence-corrected chi connectivity index (χ4v) is 2.80. The van der Waals surface area contributed by atoms with Crippen molar-refractivity contribution in [1.29, 1.82) is 0 Å². The summed E-state index contributed by atoms with van der Waals surface area (Å²) in [7, 11) is 0. The Labute approximate surface area is 138 Å². The lowest BCUT2D eigenvalue weighted by molar-refractivity contribution is -0.133. The number of carbonyl (C=O) groups is 2. The topological polar surface area (TPSA) is 75.4 Å². The van der Waals surface area contributed by atoms with Crippen LogP contribution in [0.5, 0.6) is 0 Å². The van der Waals surface area contributed by atoms with E-state index >= 15 is 0 Å². The minimum Gasteiger partial charge on any atom is -0.353 e. The Morgan fingerprint density at radius 1 is 1.22 bits per heavy atom. The fourth-order valence-electron chi connectivity index (χ4n) is 2.80. The lowest BCUT2D eigenvalue weighted by atomic mass is 10.0. The van der Waals surface area contributed by atoms with E-state index in [2.05, 4.69) is 5.32 Å². The first-order valence-electron chi connectivity index (χ1n) is 8.36. The molecule has 126 valence electrons. The van der Waals surface area contributed by atoms with Crippen LogP contribution >= 0.6 is 0 Å². The van der Waals surface area contributed by atoms with Gasteiger partial charge in [0.15, 0.2) is 0 Å². The average Bonchev–Trinajstić information content (AvgIpc) is 2.55. The molecule has 5 heteroatoms. The molecule has 1 aromatic carbocycles. The normalized spacial score (nSPS) is 17.1. The van der Waals surface area contributed by atoms with Crippen LogP contribution in [-0.2, 0) is 16.0 Å². The minimum absolute atomic E-state index is 0.00230. The van der Waals surface area contributed by atoms with E-state index in [4.69, 9.17) is 5.73 Å². The molecule has 0 saturated carbocycles. The molecular weight excluding hydrogens is 290 g/mol. The van der Waals surface area contributed by atoms with Gasteiger partial charge in [-0.3, -0.25) is 9.59 Å². The van der Waals surface area contributed by atoms with E-state index in [-0.39, 0.29) is 23.8 Å². The van der Waals surface area contributed by atoms with Gasteiger partial charge < -0.3 is 16.0 Å². The number of nitrogens with zero attached hydrogens (tertiary/aromatic N) is 1. The van der Waals surface area contributed by atoms with Crippen LogP contribution in [0, 0.1) is 5.92 Å². The third-order valence-corrected chi connectivity index (χ3v) is 4.29. The third kappa shape index (κ3) is 5.06. The highest BCUT2D eigenvalue weighted by atomic mass is 16.2. The van der Waals surface area contributed by atoms with E-state index in [9.17, 15) is 9.59 Å². The first-order valence-corrected chi connectivity index (χ1v) is 8.36. The SMILES string of the molecule is CC(C)C(=O)NC1CCN(C(=O)[C@@H](N)Cc2ccccc2)CC1. The highest BCUT2D eigenvalue weighted by molar-refractivity contribution is 5.82. The van der Waals surface area contributed by atoms with Crippen molar-refractivity contribution in [3.63, 3.8) is 0 Å². The smallest absolute Gasteiger partial charge is 0.239 e. The molecule has 2 amide bonds. The van der Waals surface area contributed by atoms with Crippen molar-refractivity contribution < 1.29 is 9.59 Å². The highest BCUT2D eigenvalue weighted by Crippen LogP contribution is 2.13. The quantitative estimate of drug-likeness (QED) is 0.860. The molecule has 5 nitrogen and oxygen atoms in total. The van der Waals surface area contributed by atoms with Gasteiger partial charge in [0.05, 0.1) is 6.04 Å².